The van der Waals surface area contributed by atoms with Gasteiger partial charge in [0.2, 0.25) is 0 Å². The van der Waals surface area contributed by atoms with Crippen LogP contribution in [0.5, 0.6) is 0 Å². The fourth-order valence-electron chi connectivity index (χ4n) is 1.62. The molecule has 0 saturated carbocycles. The van der Waals surface area contributed by atoms with E-state index in [0.29, 0.717) is 11.1 Å². The first-order chi connectivity index (χ1) is 11.7. The van der Waals surface area contributed by atoms with Gasteiger partial charge in [0.1, 0.15) is 0 Å². The van der Waals surface area contributed by atoms with E-state index in [4.69, 9.17) is 21.1 Å². The van der Waals surface area contributed by atoms with Gasteiger partial charge in [0.15, 0.2) is 6.61 Å². The van der Waals surface area contributed by atoms with Crippen LogP contribution in [0.2, 0.25) is 5.02 Å². The summed E-state index contributed by atoms with van der Waals surface area (Å²) in [6.07, 6.45) is 0. The first-order valence-electron chi connectivity index (χ1n) is 6.99. The molecule has 0 heterocycles. The molecule has 1 N–H and O–H groups in total. The number of amides is 1. The molecular formula is C14H19ClN2O7S. The smallest absolute Gasteiger partial charge is 0.340 e. The zero-order chi connectivity index (χ0) is 19.0. The first-order valence-corrected chi connectivity index (χ1v) is 8.81. The largest absolute Gasteiger partial charge is 0.452 e. The van der Waals surface area contributed by atoms with Gasteiger partial charge in [0, 0.05) is 20.7 Å². The Morgan fingerprint density at radius 3 is 2.56 bits per heavy atom. The third-order valence-corrected chi connectivity index (χ3v) is 5.02. The lowest BCUT2D eigenvalue weighted by Gasteiger charge is -2.15. The van der Waals surface area contributed by atoms with Crippen molar-refractivity contribution < 1.29 is 32.3 Å². The summed E-state index contributed by atoms with van der Waals surface area (Å²) in [5.41, 5.74) is -0.183. The summed E-state index contributed by atoms with van der Waals surface area (Å²) in [6, 6.07) is 3.52. The van der Waals surface area contributed by atoms with Crippen molar-refractivity contribution in [2.45, 2.75) is 4.90 Å². The standard InChI is InChI=1S/C14H19ClN2O7S/c1-17(23-3)25(20,21)10-4-5-12(15)11(8-10)14(19)24-9-13(18)16-6-7-22-2/h4-5,8H,6-7,9H2,1-3H3,(H,16,18). The van der Waals surface area contributed by atoms with Crippen LogP contribution >= 0.6 is 11.6 Å². The minimum Gasteiger partial charge on any atom is -0.452 e. The van der Waals surface area contributed by atoms with Crippen LogP contribution in [0.3, 0.4) is 0 Å². The van der Waals surface area contributed by atoms with E-state index in [0.717, 1.165) is 6.07 Å². The molecule has 0 aliphatic heterocycles. The lowest BCUT2D eigenvalue weighted by Crippen LogP contribution is -2.31. The fraction of sp³-hybridized carbons (Fsp3) is 0.429. The highest BCUT2D eigenvalue weighted by atomic mass is 35.5. The molecule has 0 radical (unpaired) electrons. The molecule has 140 valence electrons. The molecule has 0 fully saturated rings. The molecule has 0 atom stereocenters. The minimum absolute atomic E-state index is 0.0104. The average Bonchev–Trinajstić information content (AvgIpc) is 2.59. The molecule has 1 amide bonds. The number of methoxy groups -OCH3 is 1. The quantitative estimate of drug-likeness (QED) is 0.367. The lowest BCUT2D eigenvalue weighted by molar-refractivity contribution is -0.124. The number of carbonyl (C=O) groups excluding carboxylic acids is 2. The van der Waals surface area contributed by atoms with Gasteiger partial charge in [-0.2, -0.15) is 0 Å². The number of sulfonamides is 1. The first kappa shape index (κ1) is 21.3. The molecular weight excluding hydrogens is 376 g/mol. The molecule has 0 aliphatic carbocycles. The Bertz CT molecular complexity index is 724. The van der Waals surface area contributed by atoms with Gasteiger partial charge in [-0.15, -0.1) is 0 Å². The highest BCUT2D eigenvalue weighted by Crippen LogP contribution is 2.23. The van der Waals surface area contributed by atoms with E-state index in [2.05, 4.69) is 10.2 Å². The Morgan fingerprint density at radius 2 is 1.96 bits per heavy atom. The summed E-state index contributed by atoms with van der Waals surface area (Å²) in [5.74, 6) is -1.45. The second-order valence-corrected chi connectivity index (χ2v) is 7.00. The van der Waals surface area contributed by atoms with Crippen molar-refractivity contribution in [3.63, 3.8) is 0 Å². The summed E-state index contributed by atoms with van der Waals surface area (Å²) in [6.45, 7) is 0.0526. The van der Waals surface area contributed by atoms with Crippen molar-refractivity contribution in [1.82, 2.24) is 9.79 Å². The van der Waals surface area contributed by atoms with Crippen molar-refractivity contribution in [2.24, 2.45) is 0 Å². The third-order valence-electron chi connectivity index (χ3n) is 3.01. The van der Waals surface area contributed by atoms with Crippen LogP contribution < -0.4 is 5.32 Å². The van der Waals surface area contributed by atoms with Crippen LogP contribution in [0.4, 0.5) is 0 Å². The number of ether oxygens (including phenoxy) is 2. The van der Waals surface area contributed by atoms with Gasteiger partial charge in [0.25, 0.3) is 15.9 Å². The van der Waals surface area contributed by atoms with Gasteiger partial charge in [-0.05, 0) is 18.2 Å². The maximum absolute atomic E-state index is 12.2. The topological polar surface area (TPSA) is 111 Å². The second kappa shape index (κ2) is 9.68. The molecule has 0 unspecified atom stereocenters. The second-order valence-electron chi connectivity index (χ2n) is 4.66. The van der Waals surface area contributed by atoms with E-state index in [1.165, 1.54) is 33.4 Å². The molecule has 1 aromatic carbocycles. The van der Waals surface area contributed by atoms with Gasteiger partial charge >= 0.3 is 5.97 Å². The molecule has 0 aromatic heterocycles. The van der Waals surface area contributed by atoms with Crippen molar-refractivity contribution in [1.29, 1.82) is 0 Å². The number of esters is 1. The van der Waals surface area contributed by atoms with E-state index < -0.39 is 28.5 Å². The number of nitrogens with one attached hydrogen (secondary N) is 1. The number of benzene rings is 1. The van der Waals surface area contributed by atoms with Crippen LogP contribution in [0.25, 0.3) is 0 Å². The Kier molecular flexibility index (Phi) is 8.26. The number of hydroxylamine groups is 1. The summed E-state index contributed by atoms with van der Waals surface area (Å²) >= 11 is 5.91. The molecule has 0 spiro atoms. The lowest BCUT2D eigenvalue weighted by atomic mass is 10.2. The van der Waals surface area contributed by atoms with Crippen molar-refractivity contribution >= 4 is 33.5 Å². The molecule has 1 rings (SSSR count). The normalized spacial score (nSPS) is 11.4. The Morgan fingerprint density at radius 1 is 1.28 bits per heavy atom. The molecule has 0 saturated heterocycles. The number of hydrogen-bond donors (Lipinski definition) is 1. The van der Waals surface area contributed by atoms with E-state index in [1.807, 2.05) is 0 Å². The molecule has 25 heavy (non-hydrogen) atoms. The molecule has 0 bridgehead atoms. The molecule has 1 aromatic rings. The van der Waals surface area contributed by atoms with Gasteiger partial charge in [-0.3, -0.25) is 9.63 Å². The molecule has 0 aliphatic rings. The van der Waals surface area contributed by atoms with Gasteiger partial charge in [-0.25, -0.2) is 13.2 Å². The van der Waals surface area contributed by atoms with Crippen LogP contribution in [0.15, 0.2) is 23.1 Å². The zero-order valence-electron chi connectivity index (χ0n) is 13.9. The number of rotatable bonds is 9. The molecule has 9 nitrogen and oxygen atoms in total. The molecule has 11 heteroatoms. The highest BCUT2D eigenvalue weighted by Gasteiger charge is 2.24. The van der Waals surface area contributed by atoms with E-state index >= 15 is 0 Å². The van der Waals surface area contributed by atoms with Crippen LogP contribution in [0, 0.1) is 0 Å². The van der Waals surface area contributed by atoms with E-state index in [1.54, 1.807) is 0 Å². The van der Waals surface area contributed by atoms with Crippen molar-refractivity contribution in [3.05, 3.63) is 28.8 Å². The van der Waals surface area contributed by atoms with Gasteiger partial charge < -0.3 is 14.8 Å². The highest BCUT2D eigenvalue weighted by molar-refractivity contribution is 7.89. The number of nitrogens with zero attached hydrogens (tertiary/aromatic N) is 1. The van der Waals surface area contributed by atoms with Crippen molar-refractivity contribution in [2.75, 3.05) is 41.0 Å². The summed E-state index contributed by atoms with van der Waals surface area (Å²) < 4.78 is 34.6. The monoisotopic (exact) mass is 394 g/mol. The van der Waals surface area contributed by atoms with Crippen molar-refractivity contribution in [3.8, 4) is 0 Å². The van der Waals surface area contributed by atoms with Crippen LogP contribution in [0.1, 0.15) is 10.4 Å². The van der Waals surface area contributed by atoms with E-state index in [9.17, 15) is 18.0 Å². The van der Waals surface area contributed by atoms with Gasteiger partial charge in [-0.1, -0.05) is 16.1 Å². The Labute approximate surface area is 150 Å². The number of hydrogen-bond acceptors (Lipinski definition) is 7. The van der Waals surface area contributed by atoms with Crippen LogP contribution in [-0.4, -0.2) is 65.8 Å². The predicted octanol–water partition coefficient (Wildman–Crippen LogP) is 0.441. The zero-order valence-corrected chi connectivity index (χ0v) is 15.5. The SMILES string of the molecule is COCCNC(=O)COC(=O)c1cc(S(=O)(=O)N(C)OC)ccc1Cl. The van der Waals surface area contributed by atoms with Gasteiger partial charge in [0.05, 0.1) is 29.2 Å². The fourth-order valence-corrected chi connectivity index (χ4v) is 2.81. The summed E-state index contributed by atoms with van der Waals surface area (Å²) in [5, 5.41) is 2.46. The predicted molar refractivity (Wildman–Crippen MR) is 88.6 cm³/mol. The Balaban J connectivity index is 2.86. The minimum atomic E-state index is -3.96. The number of carbonyl (C=O) groups is 2. The average molecular weight is 395 g/mol. The van der Waals surface area contributed by atoms with E-state index in [-0.39, 0.29) is 22.0 Å². The van der Waals surface area contributed by atoms with Crippen LogP contribution in [-0.2, 0) is 29.1 Å². The Hall–Kier alpha value is -1.72. The maximum atomic E-state index is 12.2. The number of halogens is 1. The summed E-state index contributed by atoms with van der Waals surface area (Å²) in [4.78, 5) is 28.0. The summed E-state index contributed by atoms with van der Waals surface area (Å²) in [7, 11) is -0.0881. The maximum Gasteiger partial charge on any atom is 0.340 e. The third kappa shape index (κ3) is 5.94.